The third kappa shape index (κ3) is 3.42. The van der Waals surface area contributed by atoms with Crippen LogP contribution in [0.2, 0.25) is 0 Å². The smallest absolute Gasteiger partial charge is 0.274 e. The lowest BCUT2D eigenvalue weighted by molar-refractivity contribution is -0.122. The lowest BCUT2D eigenvalue weighted by Gasteiger charge is -2.31. The Morgan fingerprint density at radius 2 is 1.93 bits per heavy atom. The number of hydrogen-bond acceptors (Lipinski definition) is 5. The van der Waals surface area contributed by atoms with Crippen LogP contribution in [0.25, 0.3) is 0 Å². The van der Waals surface area contributed by atoms with Gasteiger partial charge < -0.3 is 14.5 Å². The van der Waals surface area contributed by atoms with E-state index in [1.165, 1.54) is 6.20 Å². The summed E-state index contributed by atoms with van der Waals surface area (Å²) in [5, 5.41) is 0. The highest BCUT2D eigenvalue weighted by Crippen LogP contribution is 2.35. The molecule has 0 N–H and O–H groups in total. The van der Waals surface area contributed by atoms with Gasteiger partial charge in [-0.25, -0.2) is 4.98 Å². The fraction of sp³-hybridized carbons (Fsp3) is 0.400. The topological polar surface area (TPSA) is 75.6 Å². The third-order valence-electron chi connectivity index (χ3n) is 5.31. The van der Waals surface area contributed by atoms with Crippen LogP contribution in [0.5, 0.6) is 0 Å². The molecule has 0 saturated carbocycles. The Balaban J connectivity index is 1.56. The van der Waals surface area contributed by atoms with E-state index in [1.54, 1.807) is 22.9 Å². The zero-order chi connectivity index (χ0) is 18.9. The molecule has 1 aromatic carbocycles. The van der Waals surface area contributed by atoms with E-state index in [1.807, 2.05) is 30.3 Å². The Hall–Kier alpha value is -2.80. The number of rotatable bonds is 2. The molecule has 2 fully saturated rings. The highest BCUT2D eigenvalue weighted by Gasteiger charge is 2.44. The summed E-state index contributed by atoms with van der Waals surface area (Å²) in [5.41, 5.74) is 1.61. The average molecular weight is 366 g/mol. The number of ether oxygens (including phenoxy) is 1. The van der Waals surface area contributed by atoms with Crippen LogP contribution < -0.4 is 4.90 Å². The molecule has 1 spiro atoms. The second kappa shape index (κ2) is 7.08. The van der Waals surface area contributed by atoms with Gasteiger partial charge in [-0.2, -0.15) is 0 Å². The molecule has 140 valence electrons. The van der Waals surface area contributed by atoms with Gasteiger partial charge in [-0.15, -0.1) is 0 Å². The molecule has 2 aromatic rings. The Kier molecular flexibility index (Phi) is 4.61. The minimum atomic E-state index is -0.270. The van der Waals surface area contributed by atoms with Crippen LogP contribution in [-0.2, 0) is 9.53 Å². The predicted octanol–water partition coefficient (Wildman–Crippen LogP) is 1.68. The normalized spacial score (nSPS) is 22.9. The molecule has 1 atom stereocenters. The average Bonchev–Trinajstić information content (AvgIpc) is 3.03. The van der Waals surface area contributed by atoms with Gasteiger partial charge in [-0.05, 0) is 25.5 Å². The molecule has 0 aliphatic carbocycles. The van der Waals surface area contributed by atoms with Crippen molar-refractivity contribution in [1.29, 1.82) is 0 Å². The van der Waals surface area contributed by atoms with E-state index in [0.717, 1.165) is 12.1 Å². The fourth-order valence-corrected chi connectivity index (χ4v) is 3.87. The first-order chi connectivity index (χ1) is 13.1. The molecule has 2 saturated heterocycles. The molecular formula is C20H22N4O3. The number of para-hydroxylation sites is 1. The molecule has 1 aromatic heterocycles. The Morgan fingerprint density at radius 1 is 1.15 bits per heavy atom. The molecule has 7 heteroatoms. The summed E-state index contributed by atoms with van der Waals surface area (Å²) in [7, 11) is 0. The quantitative estimate of drug-likeness (QED) is 0.808. The summed E-state index contributed by atoms with van der Waals surface area (Å²) >= 11 is 0. The molecule has 2 aliphatic rings. The third-order valence-corrected chi connectivity index (χ3v) is 5.31. The summed E-state index contributed by atoms with van der Waals surface area (Å²) in [5.74, 6) is -0.160. The standard InChI is InChI=1S/C20H22N4O3/c1-15-18(22-9-8-21-15)19(26)23-10-7-20(12-23)13-24(17(25)11-27-14-20)16-5-3-2-4-6-16/h2-6,8-9H,7,10-14H2,1H3. The molecule has 4 rings (SSSR count). The summed E-state index contributed by atoms with van der Waals surface area (Å²) < 4.78 is 5.70. The molecule has 27 heavy (non-hydrogen) atoms. The number of nitrogens with zero attached hydrogens (tertiary/aromatic N) is 4. The van der Waals surface area contributed by atoms with Crippen molar-refractivity contribution in [3.63, 3.8) is 0 Å². The maximum Gasteiger partial charge on any atom is 0.274 e. The van der Waals surface area contributed by atoms with Crippen LogP contribution in [0.3, 0.4) is 0 Å². The van der Waals surface area contributed by atoms with Crippen molar-refractivity contribution < 1.29 is 14.3 Å². The van der Waals surface area contributed by atoms with Crippen LogP contribution in [0.4, 0.5) is 5.69 Å². The van der Waals surface area contributed by atoms with Gasteiger partial charge in [-0.3, -0.25) is 14.6 Å². The predicted molar refractivity (Wildman–Crippen MR) is 99.3 cm³/mol. The van der Waals surface area contributed by atoms with E-state index in [2.05, 4.69) is 9.97 Å². The van der Waals surface area contributed by atoms with Gasteiger partial charge in [0.1, 0.15) is 12.3 Å². The van der Waals surface area contributed by atoms with Gasteiger partial charge >= 0.3 is 0 Å². The minimum absolute atomic E-state index is 0.0485. The van der Waals surface area contributed by atoms with E-state index < -0.39 is 0 Å². The molecule has 7 nitrogen and oxygen atoms in total. The van der Waals surface area contributed by atoms with Crippen LogP contribution in [0.1, 0.15) is 22.6 Å². The van der Waals surface area contributed by atoms with E-state index >= 15 is 0 Å². The monoisotopic (exact) mass is 366 g/mol. The van der Waals surface area contributed by atoms with Crippen molar-refractivity contribution in [2.75, 3.05) is 37.7 Å². The molecule has 0 radical (unpaired) electrons. The molecular weight excluding hydrogens is 344 g/mol. The van der Waals surface area contributed by atoms with Crippen molar-refractivity contribution in [3.8, 4) is 0 Å². The van der Waals surface area contributed by atoms with Crippen LogP contribution in [0, 0.1) is 12.3 Å². The van der Waals surface area contributed by atoms with Gasteiger partial charge in [0.05, 0.1) is 12.3 Å². The van der Waals surface area contributed by atoms with Gasteiger partial charge in [0.25, 0.3) is 11.8 Å². The lowest BCUT2D eigenvalue weighted by atomic mass is 9.87. The van der Waals surface area contributed by atoms with Crippen LogP contribution in [0.15, 0.2) is 42.7 Å². The van der Waals surface area contributed by atoms with Crippen molar-refractivity contribution >= 4 is 17.5 Å². The number of aryl methyl sites for hydroxylation is 1. The highest BCUT2D eigenvalue weighted by molar-refractivity contribution is 5.95. The molecule has 2 aliphatic heterocycles. The molecule has 2 amide bonds. The second-order valence-corrected chi connectivity index (χ2v) is 7.28. The Labute approximate surface area is 158 Å². The number of anilines is 1. The van der Waals surface area contributed by atoms with Gasteiger partial charge in [-0.1, -0.05) is 18.2 Å². The summed E-state index contributed by atoms with van der Waals surface area (Å²) in [6.07, 6.45) is 3.91. The summed E-state index contributed by atoms with van der Waals surface area (Å²) in [6, 6.07) is 9.62. The highest BCUT2D eigenvalue weighted by atomic mass is 16.5. The van der Waals surface area contributed by atoms with Crippen molar-refractivity contribution in [1.82, 2.24) is 14.9 Å². The zero-order valence-electron chi connectivity index (χ0n) is 15.3. The van der Waals surface area contributed by atoms with E-state index in [4.69, 9.17) is 4.74 Å². The van der Waals surface area contributed by atoms with Gasteiger partial charge in [0, 0.05) is 43.1 Å². The fourth-order valence-electron chi connectivity index (χ4n) is 3.87. The first-order valence-electron chi connectivity index (χ1n) is 9.08. The summed E-state index contributed by atoms with van der Waals surface area (Å²) in [6.45, 7) is 4.02. The Bertz CT molecular complexity index is 857. The summed E-state index contributed by atoms with van der Waals surface area (Å²) in [4.78, 5) is 37.4. The maximum absolute atomic E-state index is 12.9. The Morgan fingerprint density at radius 3 is 2.70 bits per heavy atom. The molecule has 0 bridgehead atoms. The van der Waals surface area contributed by atoms with E-state index in [-0.39, 0.29) is 23.8 Å². The lowest BCUT2D eigenvalue weighted by Crippen LogP contribution is -2.43. The molecule has 3 heterocycles. The van der Waals surface area contributed by atoms with Crippen molar-refractivity contribution in [3.05, 3.63) is 54.1 Å². The van der Waals surface area contributed by atoms with Gasteiger partial charge in [0.2, 0.25) is 0 Å². The van der Waals surface area contributed by atoms with Crippen LogP contribution >= 0.6 is 0 Å². The number of carbonyl (C=O) groups excluding carboxylic acids is 2. The maximum atomic E-state index is 12.9. The first kappa shape index (κ1) is 17.6. The van der Waals surface area contributed by atoms with Crippen molar-refractivity contribution in [2.45, 2.75) is 13.3 Å². The second-order valence-electron chi connectivity index (χ2n) is 7.28. The number of aromatic nitrogens is 2. The van der Waals surface area contributed by atoms with E-state index in [9.17, 15) is 9.59 Å². The van der Waals surface area contributed by atoms with Crippen LogP contribution in [-0.4, -0.2) is 59.5 Å². The van der Waals surface area contributed by atoms with E-state index in [0.29, 0.717) is 37.6 Å². The van der Waals surface area contributed by atoms with Crippen molar-refractivity contribution in [2.24, 2.45) is 5.41 Å². The number of amides is 2. The SMILES string of the molecule is Cc1nccnc1C(=O)N1CCC2(COCC(=O)N(c3ccccc3)C2)C1. The minimum Gasteiger partial charge on any atom is -0.371 e. The number of hydrogen-bond donors (Lipinski definition) is 0. The number of benzene rings is 1. The van der Waals surface area contributed by atoms with Gasteiger partial charge in [0.15, 0.2) is 0 Å². The number of carbonyl (C=O) groups is 2. The zero-order valence-corrected chi connectivity index (χ0v) is 15.3. The first-order valence-corrected chi connectivity index (χ1v) is 9.08. The molecule has 1 unspecified atom stereocenters. The largest absolute Gasteiger partial charge is 0.371 e. The number of likely N-dealkylation sites (tertiary alicyclic amines) is 1.